The van der Waals surface area contributed by atoms with Crippen LogP contribution < -0.4 is 5.32 Å². The molecule has 2 saturated heterocycles. The van der Waals surface area contributed by atoms with Crippen molar-refractivity contribution in [2.75, 3.05) is 31.9 Å². The summed E-state index contributed by atoms with van der Waals surface area (Å²) in [7, 11) is 0. The molecule has 2 fully saturated rings. The van der Waals surface area contributed by atoms with E-state index in [1.165, 1.54) is 45.3 Å². The summed E-state index contributed by atoms with van der Waals surface area (Å²) in [4.78, 5) is 7.23. The van der Waals surface area contributed by atoms with Crippen LogP contribution in [-0.4, -0.2) is 47.5 Å². The number of nitrogens with one attached hydrogen (secondary N) is 1. The van der Waals surface area contributed by atoms with Gasteiger partial charge in [-0.3, -0.25) is 4.99 Å². The van der Waals surface area contributed by atoms with Gasteiger partial charge in [0.1, 0.15) is 0 Å². The van der Waals surface area contributed by atoms with Crippen LogP contribution in [0.5, 0.6) is 0 Å². The van der Waals surface area contributed by atoms with Crippen LogP contribution >= 0.6 is 11.8 Å². The molecule has 1 atom stereocenters. The van der Waals surface area contributed by atoms with Crippen LogP contribution in [0.4, 0.5) is 0 Å². The van der Waals surface area contributed by atoms with Gasteiger partial charge in [0, 0.05) is 17.8 Å². The Morgan fingerprint density at radius 1 is 1.41 bits per heavy atom. The van der Waals surface area contributed by atoms with Crippen molar-refractivity contribution < 1.29 is 0 Å². The van der Waals surface area contributed by atoms with E-state index in [2.05, 4.69) is 29.1 Å². The van der Waals surface area contributed by atoms with Gasteiger partial charge in [0.25, 0.3) is 0 Å². The quantitative estimate of drug-likeness (QED) is 0.764. The minimum atomic E-state index is 0.276. The monoisotopic (exact) mass is 255 g/mol. The van der Waals surface area contributed by atoms with E-state index in [1.54, 1.807) is 0 Å². The molecular formula is C13H25N3S. The van der Waals surface area contributed by atoms with Gasteiger partial charge in [0.15, 0.2) is 5.17 Å². The van der Waals surface area contributed by atoms with Crippen molar-refractivity contribution in [1.82, 2.24) is 10.2 Å². The Morgan fingerprint density at radius 2 is 2.18 bits per heavy atom. The average molecular weight is 255 g/mol. The summed E-state index contributed by atoms with van der Waals surface area (Å²) in [5.74, 6) is 1.16. The second kappa shape index (κ2) is 6.10. The van der Waals surface area contributed by atoms with Crippen molar-refractivity contribution in [2.45, 2.75) is 45.1 Å². The normalized spacial score (nSPS) is 32.2. The van der Waals surface area contributed by atoms with Gasteiger partial charge in [0.05, 0.1) is 0 Å². The Bertz CT molecular complexity index is 274. The van der Waals surface area contributed by atoms with Gasteiger partial charge in [-0.15, -0.1) is 0 Å². The van der Waals surface area contributed by atoms with Gasteiger partial charge < -0.3 is 10.2 Å². The maximum Gasteiger partial charge on any atom is 0.157 e. The van der Waals surface area contributed by atoms with Crippen LogP contribution in [-0.2, 0) is 0 Å². The molecule has 0 aromatic rings. The number of aliphatic imine (C=N–C) groups is 1. The van der Waals surface area contributed by atoms with Crippen molar-refractivity contribution in [1.29, 1.82) is 0 Å². The highest BCUT2D eigenvalue weighted by molar-refractivity contribution is 8.14. The molecule has 0 aliphatic carbocycles. The van der Waals surface area contributed by atoms with Crippen LogP contribution in [0.3, 0.4) is 0 Å². The van der Waals surface area contributed by atoms with Gasteiger partial charge in [-0.2, -0.15) is 0 Å². The maximum absolute atomic E-state index is 4.67. The number of amidine groups is 1. The van der Waals surface area contributed by atoms with E-state index < -0.39 is 0 Å². The Hall–Kier alpha value is -0.220. The third-order valence-corrected chi connectivity index (χ3v) is 5.09. The van der Waals surface area contributed by atoms with E-state index in [1.807, 2.05) is 11.8 Å². The molecule has 0 spiro atoms. The summed E-state index contributed by atoms with van der Waals surface area (Å²) in [6.07, 6.45) is 5.16. The molecule has 0 bridgehead atoms. The number of likely N-dealkylation sites (tertiary alicyclic amines) is 1. The van der Waals surface area contributed by atoms with Crippen molar-refractivity contribution in [3.8, 4) is 0 Å². The zero-order chi connectivity index (χ0) is 12.1. The number of nitrogens with zero attached hydrogens (tertiary/aromatic N) is 2. The molecule has 0 aromatic carbocycles. The van der Waals surface area contributed by atoms with Crippen molar-refractivity contribution in [3.63, 3.8) is 0 Å². The van der Waals surface area contributed by atoms with E-state index in [0.29, 0.717) is 0 Å². The van der Waals surface area contributed by atoms with Crippen LogP contribution in [0.15, 0.2) is 4.99 Å². The van der Waals surface area contributed by atoms with Crippen LogP contribution in [0.2, 0.25) is 0 Å². The lowest BCUT2D eigenvalue weighted by Crippen LogP contribution is -2.39. The van der Waals surface area contributed by atoms with Gasteiger partial charge in [-0.25, -0.2) is 0 Å². The molecule has 0 aromatic heterocycles. The summed E-state index contributed by atoms with van der Waals surface area (Å²) in [5.41, 5.74) is 0.276. The standard InChI is InChI=1S/C13H25N3S/c1-3-13(2)11-17-12(15-13)14-7-6-10-16-8-4-5-9-16/h3-11H2,1-2H3,(H,14,15). The Kier molecular flexibility index (Phi) is 4.74. The zero-order valence-corrected chi connectivity index (χ0v) is 12.0. The summed E-state index contributed by atoms with van der Waals surface area (Å²) < 4.78 is 0. The van der Waals surface area contributed by atoms with E-state index >= 15 is 0 Å². The van der Waals surface area contributed by atoms with Crippen LogP contribution in [0.1, 0.15) is 39.5 Å². The number of thioether (sulfide) groups is 1. The minimum Gasteiger partial charge on any atom is -0.359 e. The SMILES string of the molecule is CCC1(C)CSC(=NCCCN2CCCC2)N1. The van der Waals surface area contributed by atoms with Gasteiger partial charge in [-0.1, -0.05) is 18.7 Å². The van der Waals surface area contributed by atoms with Gasteiger partial charge >= 0.3 is 0 Å². The molecule has 0 saturated carbocycles. The third kappa shape index (κ3) is 3.88. The Labute approximate surface area is 109 Å². The number of hydrogen-bond acceptors (Lipinski definition) is 3. The molecule has 98 valence electrons. The molecule has 2 aliphatic heterocycles. The smallest absolute Gasteiger partial charge is 0.157 e. The predicted molar refractivity (Wildman–Crippen MR) is 76.9 cm³/mol. The first-order chi connectivity index (χ1) is 8.22. The molecule has 2 rings (SSSR count). The molecule has 1 N–H and O–H groups in total. The molecule has 2 aliphatic rings. The zero-order valence-electron chi connectivity index (χ0n) is 11.2. The molecule has 1 unspecified atom stereocenters. The average Bonchev–Trinajstić information content (AvgIpc) is 2.95. The molecule has 17 heavy (non-hydrogen) atoms. The first-order valence-corrected chi connectivity index (χ1v) is 7.88. The lowest BCUT2D eigenvalue weighted by Gasteiger charge is -2.20. The lowest BCUT2D eigenvalue weighted by molar-refractivity contribution is 0.336. The molecule has 0 amide bonds. The number of hydrogen-bond donors (Lipinski definition) is 1. The fourth-order valence-electron chi connectivity index (χ4n) is 2.31. The number of rotatable bonds is 5. The van der Waals surface area contributed by atoms with Gasteiger partial charge in [-0.05, 0) is 52.2 Å². The highest BCUT2D eigenvalue weighted by Crippen LogP contribution is 2.25. The summed E-state index contributed by atoms with van der Waals surface area (Å²) >= 11 is 1.88. The highest BCUT2D eigenvalue weighted by atomic mass is 32.2. The second-order valence-corrected chi connectivity index (χ2v) is 6.38. The van der Waals surface area contributed by atoms with Crippen molar-refractivity contribution >= 4 is 16.9 Å². The van der Waals surface area contributed by atoms with E-state index in [4.69, 9.17) is 0 Å². The lowest BCUT2D eigenvalue weighted by atomic mass is 10.0. The van der Waals surface area contributed by atoms with E-state index in [0.717, 1.165) is 17.5 Å². The molecule has 0 radical (unpaired) electrons. The van der Waals surface area contributed by atoms with Crippen LogP contribution in [0, 0.1) is 0 Å². The molecule has 4 heteroatoms. The molecule has 2 heterocycles. The van der Waals surface area contributed by atoms with E-state index in [-0.39, 0.29) is 5.54 Å². The van der Waals surface area contributed by atoms with Gasteiger partial charge in [0.2, 0.25) is 0 Å². The Balaban J connectivity index is 1.64. The van der Waals surface area contributed by atoms with E-state index in [9.17, 15) is 0 Å². The fourth-order valence-corrected chi connectivity index (χ4v) is 3.55. The summed E-state index contributed by atoms with van der Waals surface area (Å²) in [6.45, 7) is 9.34. The van der Waals surface area contributed by atoms with Crippen molar-refractivity contribution in [2.24, 2.45) is 4.99 Å². The van der Waals surface area contributed by atoms with Crippen molar-refractivity contribution in [3.05, 3.63) is 0 Å². The molecule has 3 nitrogen and oxygen atoms in total. The predicted octanol–water partition coefficient (Wildman–Crippen LogP) is 2.33. The largest absolute Gasteiger partial charge is 0.359 e. The summed E-state index contributed by atoms with van der Waals surface area (Å²) in [6, 6.07) is 0. The first kappa shape index (κ1) is 13.2. The summed E-state index contributed by atoms with van der Waals surface area (Å²) in [5, 5.41) is 4.71. The molecular weight excluding hydrogens is 230 g/mol. The minimum absolute atomic E-state index is 0.276. The maximum atomic E-state index is 4.67. The Morgan fingerprint density at radius 3 is 2.82 bits per heavy atom. The topological polar surface area (TPSA) is 27.6 Å². The second-order valence-electron chi connectivity index (χ2n) is 5.42. The third-order valence-electron chi connectivity index (χ3n) is 3.80. The highest BCUT2D eigenvalue weighted by Gasteiger charge is 2.30. The van der Waals surface area contributed by atoms with Crippen LogP contribution in [0.25, 0.3) is 0 Å². The fraction of sp³-hybridized carbons (Fsp3) is 0.923. The first-order valence-electron chi connectivity index (χ1n) is 6.90.